The molecule has 0 saturated carbocycles. The molecule has 25 heavy (non-hydrogen) atoms. The molecular formula is C18H22N4O2S. The van der Waals surface area contributed by atoms with Crippen LogP contribution >= 0.6 is 12.2 Å². The molecule has 6 nitrogen and oxygen atoms in total. The summed E-state index contributed by atoms with van der Waals surface area (Å²) < 4.78 is 0. The lowest BCUT2D eigenvalue weighted by molar-refractivity contribution is -0.384. The summed E-state index contributed by atoms with van der Waals surface area (Å²) in [5.41, 5.74) is 2.76. The quantitative estimate of drug-likeness (QED) is 0.299. The van der Waals surface area contributed by atoms with E-state index >= 15 is 0 Å². The van der Waals surface area contributed by atoms with Crippen LogP contribution in [-0.4, -0.2) is 23.1 Å². The van der Waals surface area contributed by atoms with E-state index in [0.717, 1.165) is 5.69 Å². The molecule has 0 saturated heterocycles. The van der Waals surface area contributed by atoms with Crippen LogP contribution in [-0.2, 0) is 0 Å². The van der Waals surface area contributed by atoms with Gasteiger partial charge in [-0.2, -0.15) is 0 Å². The number of rotatable bonds is 7. The summed E-state index contributed by atoms with van der Waals surface area (Å²) in [5.74, 6) is 0.493. The van der Waals surface area contributed by atoms with Gasteiger partial charge >= 0.3 is 0 Å². The number of hydrogen-bond acceptors (Lipinski definition) is 4. The van der Waals surface area contributed by atoms with E-state index < -0.39 is 4.92 Å². The molecule has 0 atom stereocenters. The molecule has 0 heterocycles. The third kappa shape index (κ3) is 5.72. The minimum atomic E-state index is -0.400. The molecule has 0 radical (unpaired) electrons. The highest BCUT2D eigenvalue weighted by Gasteiger charge is 2.11. The Bertz CT molecular complexity index is 732. The Balaban J connectivity index is 1.76. The second-order valence-corrected chi connectivity index (χ2v) is 6.27. The van der Waals surface area contributed by atoms with Crippen molar-refractivity contribution in [3.05, 3.63) is 64.2 Å². The van der Waals surface area contributed by atoms with Gasteiger partial charge in [0, 0.05) is 24.8 Å². The van der Waals surface area contributed by atoms with E-state index in [0.29, 0.717) is 29.8 Å². The summed E-state index contributed by atoms with van der Waals surface area (Å²) in [5, 5.41) is 20.7. The maximum Gasteiger partial charge on any atom is 0.292 e. The van der Waals surface area contributed by atoms with Gasteiger partial charge in [0.2, 0.25) is 0 Å². The van der Waals surface area contributed by atoms with Gasteiger partial charge in [-0.3, -0.25) is 10.1 Å². The van der Waals surface area contributed by atoms with Crippen molar-refractivity contribution in [3.63, 3.8) is 0 Å². The lowest BCUT2D eigenvalue weighted by Gasteiger charge is -2.12. The minimum absolute atomic E-state index is 0.0634. The zero-order valence-corrected chi connectivity index (χ0v) is 15.1. The van der Waals surface area contributed by atoms with E-state index in [9.17, 15) is 10.1 Å². The van der Waals surface area contributed by atoms with Gasteiger partial charge in [-0.15, -0.1) is 0 Å². The van der Waals surface area contributed by atoms with Gasteiger partial charge < -0.3 is 16.0 Å². The Hall–Kier alpha value is -2.67. The van der Waals surface area contributed by atoms with Crippen LogP contribution < -0.4 is 16.0 Å². The third-order valence-electron chi connectivity index (χ3n) is 3.66. The van der Waals surface area contributed by atoms with Crippen LogP contribution in [0.15, 0.2) is 48.5 Å². The first-order valence-corrected chi connectivity index (χ1v) is 8.50. The van der Waals surface area contributed by atoms with E-state index in [4.69, 9.17) is 12.2 Å². The number of hydrogen-bond donors (Lipinski definition) is 3. The predicted octanol–water partition coefficient (Wildman–Crippen LogP) is 4.12. The summed E-state index contributed by atoms with van der Waals surface area (Å²) >= 11 is 5.26. The van der Waals surface area contributed by atoms with Gasteiger partial charge in [-0.25, -0.2) is 0 Å². The normalized spacial score (nSPS) is 10.4. The van der Waals surface area contributed by atoms with Gasteiger partial charge in [-0.1, -0.05) is 38.1 Å². The zero-order valence-electron chi connectivity index (χ0n) is 14.3. The number of nitrogens with one attached hydrogen (secondary N) is 3. The van der Waals surface area contributed by atoms with Crippen LogP contribution in [0.3, 0.4) is 0 Å². The first-order chi connectivity index (χ1) is 12.0. The summed E-state index contributed by atoms with van der Waals surface area (Å²) in [6.07, 6.45) is 0. The van der Waals surface area contributed by atoms with Crippen LogP contribution in [0.25, 0.3) is 0 Å². The number of nitro benzene ring substituents is 1. The van der Waals surface area contributed by atoms with Gasteiger partial charge in [0.05, 0.1) is 4.92 Å². The Morgan fingerprint density at radius 1 is 1.12 bits per heavy atom. The van der Waals surface area contributed by atoms with Crippen LogP contribution in [0.2, 0.25) is 0 Å². The molecule has 0 aliphatic carbocycles. The average molecular weight is 358 g/mol. The fraction of sp³-hybridized carbons (Fsp3) is 0.278. The highest BCUT2D eigenvalue weighted by molar-refractivity contribution is 7.80. The Kier molecular flexibility index (Phi) is 6.71. The molecule has 0 aromatic heterocycles. The van der Waals surface area contributed by atoms with Crippen molar-refractivity contribution < 1.29 is 4.92 Å². The lowest BCUT2D eigenvalue weighted by Crippen LogP contribution is -2.32. The molecular weight excluding hydrogens is 336 g/mol. The van der Waals surface area contributed by atoms with Crippen molar-refractivity contribution >= 4 is 34.4 Å². The van der Waals surface area contributed by atoms with Crippen LogP contribution in [0.4, 0.5) is 17.1 Å². The maximum absolute atomic E-state index is 11.0. The van der Waals surface area contributed by atoms with E-state index in [1.807, 2.05) is 12.1 Å². The summed E-state index contributed by atoms with van der Waals surface area (Å²) in [6, 6.07) is 14.7. The second-order valence-electron chi connectivity index (χ2n) is 5.86. The monoisotopic (exact) mass is 358 g/mol. The Labute approximate surface area is 152 Å². The molecule has 3 N–H and O–H groups in total. The topological polar surface area (TPSA) is 79.2 Å². The lowest BCUT2D eigenvalue weighted by atomic mass is 10.0. The Morgan fingerprint density at radius 2 is 1.80 bits per heavy atom. The van der Waals surface area contributed by atoms with Gasteiger partial charge in [0.15, 0.2) is 5.11 Å². The molecule has 0 amide bonds. The van der Waals surface area contributed by atoms with E-state index in [1.54, 1.807) is 18.2 Å². The van der Waals surface area contributed by atoms with Crippen molar-refractivity contribution in [1.82, 2.24) is 5.32 Å². The molecule has 2 aromatic rings. The number of para-hydroxylation sites is 2. The highest BCUT2D eigenvalue weighted by atomic mass is 32.1. The van der Waals surface area contributed by atoms with E-state index in [-0.39, 0.29) is 5.69 Å². The number of thiocarbonyl (C=S) groups is 1. The molecule has 0 bridgehead atoms. The average Bonchev–Trinajstić information content (AvgIpc) is 2.59. The molecule has 0 aliphatic heterocycles. The second kappa shape index (κ2) is 8.98. The Morgan fingerprint density at radius 3 is 2.44 bits per heavy atom. The van der Waals surface area contributed by atoms with Crippen molar-refractivity contribution in [2.24, 2.45) is 0 Å². The largest absolute Gasteiger partial charge is 0.378 e. The van der Waals surface area contributed by atoms with Gasteiger partial charge in [-0.05, 0) is 41.9 Å². The number of anilines is 2. The smallest absolute Gasteiger partial charge is 0.292 e. The fourth-order valence-corrected chi connectivity index (χ4v) is 2.50. The number of nitro groups is 1. The molecule has 2 rings (SSSR count). The summed E-state index contributed by atoms with van der Waals surface area (Å²) in [4.78, 5) is 10.6. The SMILES string of the molecule is CC(C)c1ccc(NC(=S)NCCNc2ccccc2[N+](=O)[O-])cc1. The molecule has 0 spiro atoms. The molecule has 0 unspecified atom stereocenters. The maximum atomic E-state index is 11.0. The molecule has 7 heteroatoms. The van der Waals surface area contributed by atoms with Crippen LogP contribution in [0.5, 0.6) is 0 Å². The fourth-order valence-electron chi connectivity index (χ4n) is 2.28. The first-order valence-electron chi connectivity index (χ1n) is 8.09. The van der Waals surface area contributed by atoms with E-state index in [1.165, 1.54) is 11.6 Å². The van der Waals surface area contributed by atoms with E-state index in [2.05, 4.69) is 41.9 Å². The summed E-state index contributed by atoms with van der Waals surface area (Å²) in [7, 11) is 0. The van der Waals surface area contributed by atoms with Crippen LogP contribution in [0, 0.1) is 10.1 Å². The zero-order chi connectivity index (χ0) is 18.2. The van der Waals surface area contributed by atoms with Crippen molar-refractivity contribution in [2.75, 3.05) is 23.7 Å². The molecule has 132 valence electrons. The molecule has 0 fully saturated rings. The van der Waals surface area contributed by atoms with Crippen LogP contribution in [0.1, 0.15) is 25.3 Å². The van der Waals surface area contributed by atoms with Crippen molar-refractivity contribution in [3.8, 4) is 0 Å². The molecule has 0 aliphatic rings. The minimum Gasteiger partial charge on any atom is -0.378 e. The standard InChI is InChI=1S/C18H22N4O2S/c1-13(2)14-7-9-15(10-8-14)21-18(25)20-12-11-19-16-5-3-4-6-17(16)22(23)24/h3-10,13,19H,11-12H2,1-2H3,(H2,20,21,25). The number of benzene rings is 2. The van der Waals surface area contributed by atoms with Gasteiger partial charge in [0.25, 0.3) is 5.69 Å². The highest BCUT2D eigenvalue weighted by Crippen LogP contribution is 2.22. The van der Waals surface area contributed by atoms with Crippen molar-refractivity contribution in [1.29, 1.82) is 0 Å². The van der Waals surface area contributed by atoms with Crippen molar-refractivity contribution in [2.45, 2.75) is 19.8 Å². The predicted molar refractivity (Wildman–Crippen MR) is 106 cm³/mol. The first kappa shape index (κ1) is 18.7. The summed E-state index contributed by atoms with van der Waals surface area (Å²) in [6.45, 7) is 5.36. The molecule has 2 aromatic carbocycles. The number of nitrogens with zero attached hydrogens (tertiary/aromatic N) is 1. The third-order valence-corrected chi connectivity index (χ3v) is 3.91. The van der Waals surface area contributed by atoms with Gasteiger partial charge in [0.1, 0.15) is 5.69 Å².